The molecule has 4 nitrogen and oxygen atoms in total. The van der Waals surface area contributed by atoms with Crippen molar-refractivity contribution < 1.29 is 4.79 Å². The molecule has 1 amide bonds. The van der Waals surface area contributed by atoms with E-state index < -0.39 is 0 Å². The molecule has 0 radical (unpaired) electrons. The molecule has 0 aliphatic heterocycles. The average Bonchev–Trinajstić information content (AvgIpc) is 2.12. The lowest BCUT2D eigenvalue weighted by Gasteiger charge is -2.02. The Morgan fingerprint density at radius 2 is 2.21 bits per heavy atom. The molecule has 14 heavy (non-hydrogen) atoms. The highest BCUT2D eigenvalue weighted by Gasteiger charge is 2.09. The summed E-state index contributed by atoms with van der Waals surface area (Å²) in [6.45, 7) is 2.55. The van der Waals surface area contributed by atoms with Crippen molar-refractivity contribution in [3.05, 3.63) is 22.2 Å². The number of rotatable bonds is 3. The van der Waals surface area contributed by atoms with Gasteiger partial charge in [0.2, 0.25) is 5.28 Å². The van der Waals surface area contributed by atoms with Crippen LogP contribution in [0.5, 0.6) is 0 Å². The molecule has 1 aromatic heterocycles. The van der Waals surface area contributed by atoms with Gasteiger partial charge in [0, 0.05) is 12.6 Å². The summed E-state index contributed by atoms with van der Waals surface area (Å²) < 4.78 is 0. The van der Waals surface area contributed by atoms with E-state index in [4.69, 9.17) is 23.2 Å². The van der Waals surface area contributed by atoms with Crippen LogP contribution in [0.2, 0.25) is 10.4 Å². The van der Waals surface area contributed by atoms with Crippen LogP contribution in [0.4, 0.5) is 0 Å². The maximum Gasteiger partial charge on any atom is 0.270 e. The number of nitrogens with one attached hydrogen (secondary N) is 1. The van der Waals surface area contributed by atoms with Crippen molar-refractivity contribution in [1.82, 2.24) is 15.3 Å². The van der Waals surface area contributed by atoms with Crippen LogP contribution >= 0.6 is 23.2 Å². The van der Waals surface area contributed by atoms with Gasteiger partial charge in [-0.1, -0.05) is 18.5 Å². The van der Waals surface area contributed by atoms with Gasteiger partial charge in [0.1, 0.15) is 10.8 Å². The first-order valence-electron chi connectivity index (χ1n) is 4.11. The van der Waals surface area contributed by atoms with Crippen molar-refractivity contribution >= 4 is 29.1 Å². The van der Waals surface area contributed by atoms with Crippen LogP contribution in [0.1, 0.15) is 23.8 Å². The summed E-state index contributed by atoms with van der Waals surface area (Å²) in [5.41, 5.74) is 0.184. The van der Waals surface area contributed by atoms with E-state index in [1.54, 1.807) is 0 Å². The van der Waals surface area contributed by atoms with Crippen LogP contribution in [0.25, 0.3) is 0 Å². The zero-order valence-electron chi connectivity index (χ0n) is 7.55. The van der Waals surface area contributed by atoms with Gasteiger partial charge < -0.3 is 5.32 Å². The molecule has 1 N–H and O–H groups in total. The van der Waals surface area contributed by atoms with E-state index >= 15 is 0 Å². The van der Waals surface area contributed by atoms with Crippen molar-refractivity contribution in [1.29, 1.82) is 0 Å². The standard InChI is InChI=1S/C8H9Cl2N3O/c1-2-3-11-7(14)5-4-6(9)13-8(10)12-5/h4H,2-3H2,1H3,(H,11,14). The van der Waals surface area contributed by atoms with Crippen molar-refractivity contribution in [2.75, 3.05) is 6.54 Å². The van der Waals surface area contributed by atoms with Gasteiger partial charge in [-0.3, -0.25) is 4.79 Å². The fourth-order valence-corrected chi connectivity index (χ4v) is 1.24. The first kappa shape index (κ1) is 11.2. The van der Waals surface area contributed by atoms with Crippen LogP contribution < -0.4 is 5.32 Å². The number of amides is 1. The van der Waals surface area contributed by atoms with Crippen molar-refractivity contribution in [2.45, 2.75) is 13.3 Å². The van der Waals surface area contributed by atoms with E-state index in [-0.39, 0.29) is 22.0 Å². The second kappa shape index (κ2) is 5.12. The number of aromatic nitrogens is 2. The normalized spacial score (nSPS) is 9.93. The van der Waals surface area contributed by atoms with E-state index in [9.17, 15) is 4.79 Å². The van der Waals surface area contributed by atoms with Gasteiger partial charge in [-0.25, -0.2) is 9.97 Å². The van der Waals surface area contributed by atoms with Gasteiger partial charge in [-0.05, 0) is 18.0 Å². The van der Waals surface area contributed by atoms with E-state index in [0.29, 0.717) is 6.54 Å². The second-order valence-corrected chi connectivity index (χ2v) is 3.33. The van der Waals surface area contributed by atoms with Gasteiger partial charge in [-0.2, -0.15) is 0 Å². The zero-order chi connectivity index (χ0) is 10.6. The monoisotopic (exact) mass is 233 g/mol. The van der Waals surface area contributed by atoms with Crippen LogP contribution in [0, 0.1) is 0 Å². The Morgan fingerprint density at radius 1 is 1.50 bits per heavy atom. The zero-order valence-corrected chi connectivity index (χ0v) is 9.06. The molecule has 1 heterocycles. The molecule has 0 aliphatic rings. The van der Waals surface area contributed by atoms with Crippen LogP contribution in [0.15, 0.2) is 6.07 Å². The van der Waals surface area contributed by atoms with E-state index in [1.807, 2.05) is 6.92 Å². The minimum atomic E-state index is -0.293. The van der Waals surface area contributed by atoms with Crippen molar-refractivity contribution in [3.8, 4) is 0 Å². The highest BCUT2D eigenvalue weighted by atomic mass is 35.5. The minimum absolute atomic E-state index is 0.0286. The molecule has 0 atom stereocenters. The maximum atomic E-state index is 11.4. The number of hydrogen-bond acceptors (Lipinski definition) is 3. The lowest BCUT2D eigenvalue weighted by Crippen LogP contribution is -2.25. The average molecular weight is 234 g/mol. The Labute approximate surface area is 91.6 Å². The summed E-state index contributed by atoms with van der Waals surface area (Å²) in [5.74, 6) is -0.293. The topological polar surface area (TPSA) is 54.9 Å². The smallest absolute Gasteiger partial charge is 0.270 e. The Morgan fingerprint density at radius 3 is 2.79 bits per heavy atom. The SMILES string of the molecule is CCCNC(=O)c1cc(Cl)nc(Cl)n1. The van der Waals surface area contributed by atoms with Gasteiger partial charge >= 0.3 is 0 Å². The number of carbonyl (C=O) groups excluding carboxylic acids is 1. The Bertz CT molecular complexity index is 323. The fraction of sp³-hybridized carbons (Fsp3) is 0.375. The quantitative estimate of drug-likeness (QED) is 0.642. The third-order valence-electron chi connectivity index (χ3n) is 1.44. The van der Waals surface area contributed by atoms with Crippen LogP contribution in [-0.2, 0) is 0 Å². The maximum absolute atomic E-state index is 11.4. The molecule has 0 unspecified atom stereocenters. The summed E-state index contributed by atoms with van der Waals surface area (Å²) >= 11 is 11.2. The lowest BCUT2D eigenvalue weighted by molar-refractivity contribution is 0.0948. The molecule has 0 fully saturated rings. The van der Waals surface area contributed by atoms with Crippen LogP contribution in [-0.4, -0.2) is 22.4 Å². The third-order valence-corrected chi connectivity index (χ3v) is 1.80. The predicted molar refractivity (Wildman–Crippen MR) is 54.7 cm³/mol. The van der Waals surface area contributed by atoms with Gasteiger partial charge in [0.15, 0.2) is 0 Å². The highest BCUT2D eigenvalue weighted by molar-refractivity contribution is 6.32. The first-order chi connectivity index (χ1) is 6.63. The molecule has 0 saturated heterocycles. The summed E-state index contributed by atoms with van der Waals surface area (Å²) in [6.07, 6.45) is 0.859. The fourth-order valence-electron chi connectivity index (χ4n) is 0.835. The molecule has 1 rings (SSSR count). The Balaban J connectivity index is 2.79. The number of carbonyl (C=O) groups is 1. The second-order valence-electron chi connectivity index (χ2n) is 2.60. The van der Waals surface area contributed by atoms with Crippen LogP contribution in [0.3, 0.4) is 0 Å². The summed E-state index contributed by atoms with van der Waals surface area (Å²) in [4.78, 5) is 18.8. The molecule has 1 aromatic rings. The first-order valence-corrected chi connectivity index (χ1v) is 4.87. The minimum Gasteiger partial charge on any atom is -0.351 e. The van der Waals surface area contributed by atoms with Gasteiger partial charge in [0.05, 0.1) is 0 Å². The number of hydrogen-bond donors (Lipinski definition) is 1. The van der Waals surface area contributed by atoms with E-state index in [2.05, 4.69) is 15.3 Å². The molecule has 6 heteroatoms. The predicted octanol–water partition coefficient (Wildman–Crippen LogP) is 1.92. The van der Waals surface area contributed by atoms with E-state index in [1.165, 1.54) is 6.07 Å². The van der Waals surface area contributed by atoms with E-state index in [0.717, 1.165) is 6.42 Å². The molecular formula is C8H9Cl2N3O. The molecular weight excluding hydrogens is 225 g/mol. The highest BCUT2D eigenvalue weighted by Crippen LogP contribution is 2.10. The lowest BCUT2D eigenvalue weighted by atomic mass is 10.3. The molecule has 0 spiro atoms. The Kier molecular flexibility index (Phi) is 4.10. The molecule has 0 aliphatic carbocycles. The number of halogens is 2. The Hall–Kier alpha value is -0.870. The summed E-state index contributed by atoms with van der Waals surface area (Å²) in [7, 11) is 0. The van der Waals surface area contributed by atoms with Crippen molar-refractivity contribution in [3.63, 3.8) is 0 Å². The number of nitrogens with zero attached hydrogens (tertiary/aromatic N) is 2. The molecule has 0 aromatic carbocycles. The third kappa shape index (κ3) is 3.12. The van der Waals surface area contributed by atoms with Gasteiger partial charge in [0.25, 0.3) is 5.91 Å². The molecule has 0 saturated carbocycles. The van der Waals surface area contributed by atoms with Crippen molar-refractivity contribution in [2.24, 2.45) is 0 Å². The largest absolute Gasteiger partial charge is 0.351 e. The molecule has 0 bridgehead atoms. The molecule has 76 valence electrons. The summed E-state index contributed by atoms with van der Waals surface area (Å²) in [5, 5.41) is 2.79. The van der Waals surface area contributed by atoms with Gasteiger partial charge in [-0.15, -0.1) is 0 Å². The summed E-state index contributed by atoms with van der Waals surface area (Å²) in [6, 6.07) is 1.37.